The Hall–Kier alpha value is -2.64. The maximum Gasteiger partial charge on any atom is 0.333 e. The zero-order valence-corrected chi connectivity index (χ0v) is 12.9. The van der Waals surface area contributed by atoms with E-state index in [1.165, 1.54) is 20.3 Å². The number of rotatable bonds is 6. The van der Waals surface area contributed by atoms with Crippen LogP contribution in [-0.4, -0.2) is 29.9 Å². The lowest BCUT2D eigenvalue weighted by molar-refractivity contribution is 0.0507. The molecule has 0 saturated carbocycles. The molecule has 6 nitrogen and oxygen atoms in total. The number of methoxy groups -OCH3 is 2. The Morgan fingerprint density at radius 1 is 1.26 bits per heavy atom. The van der Waals surface area contributed by atoms with E-state index < -0.39 is 18.5 Å². The summed E-state index contributed by atoms with van der Waals surface area (Å²) < 4.78 is 36.3. The molecule has 8 heteroatoms. The van der Waals surface area contributed by atoms with Gasteiger partial charge in [-0.2, -0.15) is 18.6 Å². The molecule has 2 rings (SSSR count). The second kappa shape index (κ2) is 7.08. The lowest BCUT2D eigenvalue weighted by Crippen LogP contribution is -2.29. The van der Waals surface area contributed by atoms with Gasteiger partial charge in [0.05, 0.1) is 20.3 Å². The van der Waals surface area contributed by atoms with Gasteiger partial charge >= 0.3 is 6.55 Å². The number of nitrogens with one attached hydrogen (secondary N) is 1. The van der Waals surface area contributed by atoms with Crippen LogP contribution in [0, 0.1) is 0 Å². The molecule has 0 bridgehead atoms. The van der Waals surface area contributed by atoms with Crippen LogP contribution in [-0.2, 0) is 0 Å². The first-order chi connectivity index (χ1) is 11.0. The molecule has 124 valence electrons. The molecule has 0 saturated heterocycles. The van der Waals surface area contributed by atoms with Crippen LogP contribution in [0.4, 0.5) is 8.78 Å². The fraction of sp³-hybridized carbons (Fsp3) is 0.333. The van der Waals surface area contributed by atoms with Crippen LogP contribution in [0.5, 0.6) is 11.5 Å². The average molecular weight is 325 g/mol. The molecule has 1 heterocycles. The molecule has 0 spiro atoms. The molecular formula is C15H17F2N3O3. The van der Waals surface area contributed by atoms with E-state index in [1.54, 1.807) is 25.1 Å². The van der Waals surface area contributed by atoms with E-state index in [1.807, 2.05) is 0 Å². The highest BCUT2D eigenvalue weighted by Crippen LogP contribution is 2.29. The van der Waals surface area contributed by atoms with E-state index in [9.17, 15) is 13.6 Å². The van der Waals surface area contributed by atoms with Crippen LogP contribution in [0.3, 0.4) is 0 Å². The third-order valence-electron chi connectivity index (χ3n) is 3.34. The van der Waals surface area contributed by atoms with Gasteiger partial charge in [0.1, 0.15) is 17.2 Å². The Morgan fingerprint density at radius 3 is 2.61 bits per heavy atom. The molecule has 0 aliphatic heterocycles. The van der Waals surface area contributed by atoms with Gasteiger partial charge < -0.3 is 14.8 Å². The Labute approximate surface area is 132 Å². The van der Waals surface area contributed by atoms with Gasteiger partial charge in [-0.15, -0.1) is 0 Å². The molecule has 1 atom stereocenters. The SMILES string of the molecule is COc1ccc(OC)c(C(C)NC(=O)c2ccnn2C(F)F)c1. The van der Waals surface area contributed by atoms with Crippen LogP contribution < -0.4 is 14.8 Å². The van der Waals surface area contributed by atoms with Crippen LogP contribution in [0.15, 0.2) is 30.5 Å². The zero-order chi connectivity index (χ0) is 17.0. The molecule has 1 aromatic heterocycles. The van der Waals surface area contributed by atoms with Gasteiger partial charge in [-0.1, -0.05) is 0 Å². The summed E-state index contributed by atoms with van der Waals surface area (Å²) in [4.78, 5) is 12.2. The number of hydrogen-bond acceptors (Lipinski definition) is 4. The van der Waals surface area contributed by atoms with Crippen molar-refractivity contribution in [1.29, 1.82) is 0 Å². The largest absolute Gasteiger partial charge is 0.497 e. The predicted molar refractivity (Wildman–Crippen MR) is 78.9 cm³/mol. The van der Waals surface area contributed by atoms with Crippen molar-refractivity contribution in [2.24, 2.45) is 0 Å². The second-order valence-electron chi connectivity index (χ2n) is 4.74. The highest BCUT2D eigenvalue weighted by molar-refractivity contribution is 5.92. The number of benzene rings is 1. The highest BCUT2D eigenvalue weighted by atomic mass is 19.3. The topological polar surface area (TPSA) is 65.4 Å². The van der Waals surface area contributed by atoms with Crippen molar-refractivity contribution in [3.63, 3.8) is 0 Å². The van der Waals surface area contributed by atoms with Crippen molar-refractivity contribution in [3.05, 3.63) is 41.7 Å². The smallest absolute Gasteiger partial charge is 0.333 e. The minimum atomic E-state index is -2.88. The molecule has 0 aliphatic carbocycles. The quantitative estimate of drug-likeness (QED) is 0.887. The van der Waals surface area contributed by atoms with Gasteiger partial charge in [0.15, 0.2) is 0 Å². The molecule has 0 fully saturated rings. The summed E-state index contributed by atoms with van der Waals surface area (Å²) in [5.41, 5.74) is 0.456. The van der Waals surface area contributed by atoms with Crippen LogP contribution in [0.1, 0.15) is 35.6 Å². The van der Waals surface area contributed by atoms with Gasteiger partial charge in [0.25, 0.3) is 5.91 Å². The summed E-state index contributed by atoms with van der Waals surface area (Å²) in [6.07, 6.45) is 1.15. The highest BCUT2D eigenvalue weighted by Gasteiger charge is 2.21. The van der Waals surface area contributed by atoms with Crippen molar-refractivity contribution >= 4 is 5.91 Å². The number of alkyl halides is 2. The Kier molecular flexibility index (Phi) is 5.15. The van der Waals surface area contributed by atoms with E-state index in [4.69, 9.17) is 9.47 Å². The molecule has 1 unspecified atom stereocenters. The molecular weight excluding hydrogens is 308 g/mol. The number of ether oxygens (including phenoxy) is 2. The number of halogens is 2. The van der Waals surface area contributed by atoms with E-state index in [0.717, 1.165) is 6.20 Å². The van der Waals surface area contributed by atoms with Crippen LogP contribution >= 0.6 is 0 Å². The third-order valence-corrected chi connectivity index (χ3v) is 3.34. The Bertz CT molecular complexity index is 688. The molecule has 1 aromatic carbocycles. The Balaban J connectivity index is 2.23. The number of amides is 1. The number of carbonyl (C=O) groups is 1. The van der Waals surface area contributed by atoms with E-state index >= 15 is 0 Å². The van der Waals surface area contributed by atoms with Crippen LogP contribution in [0.25, 0.3) is 0 Å². The first-order valence-corrected chi connectivity index (χ1v) is 6.82. The summed E-state index contributed by atoms with van der Waals surface area (Å²) in [6.45, 7) is -1.16. The molecule has 23 heavy (non-hydrogen) atoms. The van der Waals surface area contributed by atoms with Crippen molar-refractivity contribution in [3.8, 4) is 11.5 Å². The van der Waals surface area contributed by atoms with Gasteiger partial charge in [-0.3, -0.25) is 4.79 Å². The maximum atomic E-state index is 12.8. The molecule has 0 aliphatic rings. The first-order valence-electron chi connectivity index (χ1n) is 6.82. The minimum absolute atomic E-state index is 0.214. The number of hydrogen-bond donors (Lipinski definition) is 1. The van der Waals surface area contributed by atoms with Crippen molar-refractivity contribution < 1.29 is 23.0 Å². The fourth-order valence-corrected chi connectivity index (χ4v) is 2.18. The monoisotopic (exact) mass is 325 g/mol. The molecule has 0 radical (unpaired) electrons. The average Bonchev–Trinajstić information content (AvgIpc) is 3.04. The zero-order valence-electron chi connectivity index (χ0n) is 12.9. The molecule has 2 aromatic rings. The van der Waals surface area contributed by atoms with Gasteiger partial charge in [0.2, 0.25) is 0 Å². The van der Waals surface area contributed by atoms with Crippen molar-refractivity contribution in [2.45, 2.75) is 19.5 Å². The maximum absolute atomic E-state index is 12.8. The number of aromatic nitrogens is 2. The van der Waals surface area contributed by atoms with E-state index in [0.29, 0.717) is 21.7 Å². The van der Waals surface area contributed by atoms with Crippen LogP contribution in [0.2, 0.25) is 0 Å². The third kappa shape index (κ3) is 3.58. The minimum Gasteiger partial charge on any atom is -0.497 e. The van der Waals surface area contributed by atoms with Gasteiger partial charge in [-0.25, -0.2) is 0 Å². The van der Waals surface area contributed by atoms with E-state index in [2.05, 4.69) is 10.4 Å². The summed E-state index contributed by atoms with van der Waals surface area (Å²) >= 11 is 0. The summed E-state index contributed by atoms with van der Waals surface area (Å²) in [5.74, 6) is 0.501. The molecule has 1 amide bonds. The number of nitrogens with zero attached hydrogens (tertiary/aromatic N) is 2. The standard InChI is InChI=1S/C15H17F2N3O3/c1-9(11-8-10(22-2)4-5-13(11)23-3)19-14(21)12-6-7-18-20(12)15(16)17/h4-9,15H,1-3H3,(H,19,21). The fourth-order valence-electron chi connectivity index (χ4n) is 2.18. The van der Waals surface area contributed by atoms with Crippen molar-refractivity contribution in [1.82, 2.24) is 15.1 Å². The lowest BCUT2D eigenvalue weighted by Gasteiger charge is -2.18. The van der Waals surface area contributed by atoms with Gasteiger partial charge in [-0.05, 0) is 31.2 Å². The summed E-state index contributed by atoms with van der Waals surface area (Å²) in [7, 11) is 3.03. The van der Waals surface area contributed by atoms with Crippen molar-refractivity contribution in [2.75, 3.05) is 14.2 Å². The lowest BCUT2D eigenvalue weighted by atomic mass is 10.1. The normalized spacial score (nSPS) is 12.1. The second-order valence-corrected chi connectivity index (χ2v) is 4.74. The number of carbonyl (C=O) groups excluding carboxylic acids is 1. The Morgan fingerprint density at radius 2 is 2.00 bits per heavy atom. The first kappa shape index (κ1) is 16.7. The van der Waals surface area contributed by atoms with Gasteiger partial charge in [0, 0.05) is 11.8 Å². The van der Waals surface area contributed by atoms with E-state index in [-0.39, 0.29) is 5.69 Å². The summed E-state index contributed by atoms with van der Waals surface area (Å²) in [6, 6.07) is 5.90. The predicted octanol–water partition coefficient (Wildman–Crippen LogP) is 2.79. The molecule has 1 N–H and O–H groups in total. The summed E-state index contributed by atoms with van der Waals surface area (Å²) in [5, 5.41) is 6.09.